The number of nitrogens with zero attached hydrogens (tertiary/aromatic N) is 3. The van der Waals surface area contributed by atoms with Crippen molar-refractivity contribution < 1.29 is 53.1 Å². The summed E-state index contributed by atoms with van der Waals surface area (Å²) in [6, 6.07) is 18.0. The van der Waals surface area contributed by atoms with Crippen LogP contribution in [-0.2, 0) is 36.8 Å². The number of hydrogen-bond acceptors (Lipinski definition) is 11. The second kappa shape index (κ2) is 15.3. The van der Waals surface area contributed by atoms with Crippen LogP contribution in [-0.4, -0.2) is 64.5 Å². The predicted molar refractivity (Wildman–Crippen MR) is 177 cm³/mol. The molecule has 0 fully saturated rings. The number of amides is 1. The van der Waals surface area contributed by atoms with Crippen LogP contribution < -0.4 is 10.1 Å². The molecule has 0 saturated carbocycles. The fourth-order valence-corrected chi connectivity index (χ4v) is 5.29. The molecule has 258 valence electrons. The maximum absolute atomic E-state index is 13.7. The number of phosphoric ester groups is 1. The van der Waals surface area contributed by atoms with Crippen molar-refractivity contribution in [3.8, 4) is 17.1 Å². The van der Waals surface area contributed by atoms with E-state index in [4.69, 9.17) is 38.0 Å². The number of fused-ring (bicyclic) bond motifs is 1. The first-order valence-corrected chi connectivity index (χ1v) is 18.1. The van der Waals surface area contributed by atoms with Gasteiger partial charge in [-0.2, -0.15) is 0 Å². The van der Waals surface area contributed by atoms with Crippen molar-refractivity contribution in [3.63, 3.8) is 0 Å². The van der Waals surface area contributed by atoms with Crippen molar-refractivity contribution in [3.05, 3.63) is 101 Å². The molecule has 1 amide bonds. The van der Waals surface area contributed by atoms with Crippen molar-refractivity contribution in [1.82, 2.24) is 14.9 Å². The van der Waals surface area contributed by atoms with Crippen LogP contribution in [0.4, 0.5) is 20.7 Å². The van der Waals surface area contributed by atoms with Gasteiger partial charge in [0.15, 0.2) is 0 Å². The number of aromatic nitrogens is 2. The Morgan fingerprint density at radius 3 is 2.67 bits per heavy atom. The third-order valence-electron chi connectivity index (χ3n) is 6.62. The largest absolute Gasteiger partial charge is 0.487 e. The number of nitrogens with one attached hydrogen (secondary N) is 1. The van der Waals surface area contributed by atoms with Crippen molar-refractivity contribution in [2.45, 2.75) is 13.1 Å². The number of benzene rings is 3. The lowest BCUT2D eigenvalue weighted by molar-refractivity contribution is 0.0191. The molecule has 0 spiro atoms. The van der Waals surface area contributed by atoms with Gasteiger partial charge in [0.05, 0.1) is 25.6 Å². The second-order valence-electron chi connectivity index (χ2n) is 10.4. The quantitative estimate of drug-likeness (QED) is 0.0882. The summed E-state index contributed by atoms with van der Waals surface area (Å²) in [7, 11) is -8.40. The second-order valence-corrected chi connectivity index (χ2v) is 14.3. The van der Waals surface area contributed by atoms with Gasteiger partial charge in [0.1, 0.15) is 51.6 Å². The molecule has 2 heterocycles. The van der Waals surface area contributed by atoms with Crippen LogP contribution in [0.5, 0.6) is 5.75 Å². The molecule has 0 aliphatic carbocycles. The summed E-state index contributed by atoms with van der Waals surface area (Å²) in [4.78, 5) is 39.9. The molecule has 0 saturated heterocycles. The van der Waals surface area contributed by atoms with E-state index in [1.54, 1.807) is 36.4 Å². The summed E-state index contributed by atoms with van der Waals surface area (Å²) in [5.41, 5.74) is 1.63. The van der Waals surface area contributed by atoms with Gasteiger partial charge in [-0.05, 0) is 66.2 Å². The standard InChI is InChI=1S/C31H29ClFN4O10PS/c1-49(42,43)12-11-37(31(38)45-19-46-48(39,40)41)16-24-7-10-28(47-24)21-5-8-27-25(14-21)30(35-18-34-27)36-23-6-9-29(26(32)15-23)44-17-20-3-2-4-22(33)13-20/h2-10,13-15,18H,11-12,16-17,19H2,1H3,(H,34,35,36)(H2,39,40,41)/i17D2. The fraction of sp³-hybridized carbons (Fsp3) is 0.194. The minimum Gasteiger partial charge on any atom is -0.487 e. The van der Waals surface area contributed by atoms with Gasteiger partial charge < -0.3 is 29.0 Å². The minimum atomic E-state index is -4.91. The average molecular weight is 737 g/mol. The van der Waals surface area contributed by atoms with Crippen LogP contribution in [0.2, 0.25) is 5.02 Å². The third kappa shape index (κ3) is 10.5. The smallest absolute Gasteiger partial charge is 0.472 e. The first kappa shape index (κ1) is 33.0. The number of carbonyl (C=O) groups excluding carboxylic acids is 1. The zero-order chi connectivity index (χ0) is 37.0. The van der Waals surface area contributed by atoms with Crippen LogP contribution in [0.3, 0.4) is 0 Å². The number of ether oxygens (including phenoxy) is 2. The SMILES string of the molecule is [2H]C([2H])(Oc1ccc(Nc2ncnc3ccc(-c4ccc(CN(CCS(C)(=O)=O)C(=O)OCOP(=O)(O)O)o4)cc23)cc1Cl)c1cccc(F)c1. The van der Waals surface area contributed by atoms with E-state index >= 15 is 0 Å². The molecule has 3 aromatic carbocycles. The molecular formula is C31H29ClFN4O10PS. The van der Waals surface area contributed by atoms with Crippen LogP contribution in [0.25, 0.3) is 22.2 Å². The Bertz CT molecular complexity index is 2220. The van der Waals surface area contributed by atoms with Crippen molar-refractivity contribution in [2.24, 2.45) is 0 Å². The molecular weight excluding hydrogens is 706 g/mol. The molecule has 0 aliphatic heterocycles. The number of anilines is 2. The number of furan rings is 1. The zero-order valence-corrected chi connectivity index (χ0v) is 27.9. The lowest BCUT2D eigenvalue weighted by atomic mass is 10.1. The predicted octanol–water partition coefficient (Wildman–Crippen LogP) is 6.05. The highest BCUT2D eigenvalue weighted by Gasteiger charge is 2.22. The highest BCUT2D eigenvalue weighted by atomic mass is 35.5. The zero-order valence-electron chi connectivity index (χ0n) is 27.4. The van der Waals surface area contributed by atoms with E-state index in [-0.39, 0.29) is 35.2 Å². The van der Waals surface area contributed by atoms with Gasteiger partial charge in [0.2, 0.25) is 6.79 Å². The monoisotopic (exact) mass is 736 g/mol. The van der Waals surface area contributed by atoms with Crippen LogP contribution in [0.15, 0.2) is 83.5 Å². The van der Waals surface area contributed by atoms with E-state index in [9.17, 15) is 22.2 Å². The molecule has 0 unspecified atom stereocenters. The molecule has 0 aliphatic rings. The summed E-state index contributed by atoms with van der Waals surface area (Å²) in [5.74, 6) is 0.00652. The van der Waals surface area contributed by atoms with Gasteiger partial charge in [0.25, 0.3) is 0 Å². The minimum absolute atomic E-state index is 0.0226. The van der Waals surface area contributed by atoms with E-state index < -0.39 is 48.7 Å². The van der Waals surface area contributed by atoms with E-state index in [2.05, 4.69) is 19.8 Å². The summed E-state index contributed by atoms with van der Waals surface area (Å²) >= 11 is 6.44. The number of halogens is 2. The first-order chi connectivity index (χ1) is 24.0. The Morgan fingerprint density at radius 2 is 1.94 bits per heavy atom. The van der Waals surface area contributed by atoms with E-state index in [0.717, 1.165) is 17.2 Å². The third-order valence-corrected chi connectivity index (χ3v) is 8.28. The summed E-state index contributed by atoms with van der Waals surface area (Å²) in [5, 5.41) is 3.81. The molecule has 0 atom stereocenters. The highest BCUT2D eigenvalue weighted by molar-refractivity contribution is 7.90. The molecule has 0 radical (unpaired) electrons. The molecule has 14 nitrogen and oxygen atoms in total. The lowest BCUT2D eigenvalue weighted by Gasteiger charge is -2.20. The molecule has 18 heteroatoms. The summed E-state index contributed by atoms with van der Waals surface area (Å²) in [6.45, 7) is -3.97. The number of phosphoric acid groups is 1. The molecule has 5 aromatic rings. The maximum atomic E-state index is 13.7. The Balaban J connectivity index is 1.33. The Labute approximate surface area is 287 Å². The molecule has 2 aromatic heterocycles. The van der Waals surface area contributed by atoms with Crippen LogP contribution in [0.1, 0.15) is 14.1 Å². The number of carbonyl (C=O) groups is 1. The lowest BCUT2D eigenvalue weighted by Crippen LogP contribution is -2.35. The van der Waals surface area contributed by atoms with Gasteiger partial charge in [0, 0.05) is 29.4 Å². The number of rotatable bonds is 14. The van der Waals surface area contributed by atoms with E-state index in [0.29, 0.717) is 33.7 Å². The topological polar surface area (TPSA) is 191 Å². The Kier molecular flexibility index (Phi) is 10.3. The van der Waals surface area contributed by atoms with Crippen LogP contribution >= 0.6 is 19.4 Å². The molecule has 5 rings (SSSR count). The number of sulfone groups is 1. The van der Waals surface area contributed by atoms with Gasteiger partial charge in [-0.25, -0.2) is 36.7 Å². The van der Waals surface area contributed by atoms with Gasteiger partial charge in [-0.1, -0.05) is 23.7 Å². The average Bonchev–Trinajstić information content (AvgIpc) is 3.52. The Morgan fingerprint density at radius 1 is 1.12 bits per heavy atom. The van der Waals surface area contributed by atoms with E-state index in [1.165, 1.54) is 36.7 Å². The maximum Gasteiger partial charge on any atom is 0.472 e. The molecule has 3 N–H and O–H groups in total. The number of hydrogen-bond donors (Lipinski definition) is 3. The highest BCUT2D eigenvalue weighted by Crippen LogP contribution is 2.36. The van der Waals surface area contributed by atoms with Crippen molar-refractivity contribution >= 4 is 57.8 Å². The van der Waals surface area contributed by atoms with Crippen molar-refractivity contribution in [1.29, 1.82) is 0 Å². The van der Waals surface area contributed by atoms with Gasteiger partial charge in [-0.3, -0.25) is 4.90 Å². The van der Waals surface area contributed by atoms with Crippen LogP contribution in [0, 0.1) is 5.82 Å². The Hall–Kier alpha value is -4.57. The van der Waals surface area contributed by atoms with Crippen molar-refractivity contribution in [2.75, 3.05) is 30.7 Å². The van der Waals surface area contributed by atoms with E-state index in [1.807, 2.05) is 0 Å². The van der Waals surface area contributed by atoms with Gasteiger partial charge in [-0.15, -0.1) is 0 Å². The summed E-state index contributed by atoms with van der Waals surface area (Å²) in [6.07, 6.45) is 1.26. The summed E-state index contributed by atoms with van der Waals surface area (Å²) < 4.78 is 84.9. The fourth-order valence-electron chi connectivity index (χ4n) is 4.33. The van der Waals surface area contributed by atoms with Gasteiger partial charge >= 0.3 is 13.9 Å². The normalized spacial score (nSPS) is 12.7. The first-order valence-electron chi connectivity index (χ1n) is 15.1. The molecule has 49 heavy (non-hydrogen) atoms. The molecule has 0 bridgehead atoms.